The van der Waals surface area contributed by atoms with Gasteiger partial charge in [-0.2, -0.15) is 0 Å². The number of anilines is 4. The number of pyridine rings is 1. The van der Waals surface area contributed by atoms with Crippen LogP contribution in [0.2, 0.25) is 0 Å². The minimum Gasteiger partial charge on any atom is -0.399 e. The van der Waals surface area contributed by atoms with Crippen LogP contribution in [0.1, 0.15) is 0 Å². The molecule has 7 nitrogen and oxygen atoms in total. The molecule has 5 rings (SSSR count). The maximum absolute atomic E-state index is 5.95. The summed E-state index contributed by atoms with van der Waals surface area (Å²) in [7, 11) is 0. The van der Waals surface area contributed by atoms with Crippen molar-refractivity contribution >= 4 is 33.9 Å². The van der Waals surface area contributed by atoms with E-state index in [1.807, 2.05) is 48.7 Å². The van der Waals surface area contributed by atoms with Crippen LogP contribution >= 0.6 is 0 Å². The Balaban J connectivity index is 1.43. The fourth-order valence-electron chi connectivity index (χ4n) is 3.62. The lowest BCUT2D eigenvalue weighted by atomic mass is 10.1. The maximum atomic E-state index is 5.95. The Morgan fingerprint density at radius 1 is 0.967 bits per heavy atom. The molecular weight excluding hydrogens is 376 g/mol. The van der Waals surface area contributed by atoms with Gasteiger partial charge in [-0.25, -0.2) is 9.97 Å². The largest absolute Gasteiger partial charge is 0.399 e. The highest BCUT2D eigenvalue weighted by atomic mass is 16.5. The summed E-state index contributed by atoms with van der Waals surface area (Å²) in [5, 5.41) is 4.22. The molecule has 3 heterocycles. The van der Waals surface area contributed by atoms with Crippen LogP contribution in [0.25, 0.3) is 22.2 Å². The normalized spacial score (nSPS) is 14.1. The van der Waals surface area contributed by atoms with Crippen LogP contribution in [0.5, 0.6) is 0 Å². The number of nitrogens with zero attached hydrogens (tertiary/aromatic N) is 4. The number of hydrogen-bond acceptors (Lipinski definition) is 7. The topological polar surface area (TPSA) is 89.2 Å². The van der Waals surface area contributed by atoms with Crippen LogP contribution < -0.4 is 16.0 Å². The molecule has 1 saturated heterocycles. The van der Waals surface area contributed by atoms with Crippen molar-refractivity contribution in [2.75, 3.05) is 42.3 Å². The number of ether oxygens (including phenoxy) is 1. The minimum absolute atomic E-state index is 0.528. The third-order valence-corrected chi connectivity index (χ3v) is 5.16. The standard InChI is InChI=1S/C23H22N6O/c24-18-3-1-2-16(14-18)21-22-17(8-9-25-21)15-26-23(28-22)27-19-4-6-20(7-5-19)29-10-12-30-13-11-29/h1-9,14-15H,10-13,24H2,(H,26,27,28). The van der Waals surface area contributed by atoms with E-state index in [0.29, 0.717) is 11.6 Å². The summed E-state index contributed by atoms with van der Waals surface area (Å²) in [5.41, 5.74) is 11.3. The molecule has 0 aliphatic carbocycles. The van der Waals surface area contributed by atoms with E-state index in [1.54, 1.807) is 6.20 Å². The van der Waals surface area contributed by atoms with Gasteiger partial charge in [0.25, 0.3) is 0 Å². The number of nitrogens with two attached hydrogens (primary N) is 1. The van der Waals surface area contributed by atoms with Crippen LogP contribution in [-0.4, -0.2) is 41.3 Å². The molecule has 0 radical (unpaired) electrons. The van der Waals surface area contributed by atoms with Crippen molar-refractivity contribution in [3.8, 4) is 11.3 Å². The summed E-state index contributed by atoms with van der Waals surface area (Å²) in [5.74, 6) is 0.528. The first-order valence-corrected chi connectivity index (χ1v) is 9.94. The fourth-order valence-corrected chi connectivity index (χ4v) is 3.62. The third-order valence-electron chi connectivity index (χ3n) is 5.16. The Bertz CT molecular complexity index is 1170. The maximum Gasteiger partial charge on any atom is 0.227 e. The molecule has 2 aromatic carbocycles. The summed E-state index contributed by atoms with van der Waals surface area (Å²) >= 11 is 0. The van der Waals surface area contributed by atoms with Crippen molar-refractivity contribution in [2.24, 2.45) is 0 Å². The first-order chi connectivity index (χ1) is 14.8. The average molecular weight is 398 g/mol. The molecule has 0 atom stereocenters. The molecule has 3 N–H and O–H groups in total. The van der Waals surface area contributed by atoms with E-state index >= 15 is 0 Å². The predicted octanol–water partition coefficient (Wildman–Crippen LogP) is 3.85. The number of rotatable bonds is 4. The first kappa shape index (κ1) is 18.3. The molecule has 4 aromatic rings. The van der Waals surface area contributed by atoms with Gasteiger partial charge in [-0.1, -0.05) is 12.1 Å². The lowest BCUT2D eigenvalue weighted by Gasteiger charge is -2.28. The molecule has 30 heavy (non-hydrogen) atoms. The summed E-state index contributed by atoms with van der Waals surface area (Å²) < 4.78 is 5.42. The quantitative estimate of drug-likeness (QED) is 0.505. The van der Waals surface area contributed by atoms with Gasteiger partial charge in [0.1, 0.15) is 5.52 Å². The second-order valence-electron chi connectivity index (χ2n) is 7.19. The molecule has 0 saturated carbocycles. The Kier molecular flexibility index (Phi) is 4.86. The van der Waals surface area contributed by atoms with Gasteiger partial charge in [-0.15, -0.1) is 0 Å². The number of benzene rings is 2. The minimum atomic E-state index is 0.528. The summed E-state index contributed by atoms with van der Waals surface area (Å²) in [4.78, 5) is 16.1. The van der Waals surface area contributed by atoms with E-state index < -0.39 is 0 Å². The lowest BCUT2D eigenvalue weighted by molar-refractivity contribution is 0.122. The zero-order valence-electron chi connectivity index (χ0n) is 16.5. The van der Waals surface area contributed by atoms with Crippen molar-refractivity contribution in [1.82, 2.24) is 15.0 Å². The third kappa shape index (κ3) is 3.75. The molecule has 1 aliphatic rings. The number of fused-ring (bicyclic) bond motifs is 1. The van der Waals surface area contributed by atoms with E-state index in [2.05, 4.69) is 32.3 Å². The van der Waals surface area contributed by atoms with E-state index in [4.69, 9.17) is 15.5 Å². The summed E-state index contributed by atoms with van der Waals surface area (Å²) in [6.45, 7) is 3.38. The van der Waals surface area contributed by atoms with Crippen LogP contribution in [0.15, 0.2) is 67.0 Å². The highest BCUT2D eigenvalue weighted by Gasteiger charge is 2.12. The zero-order chi connectivity index (χ0) is 20.3. The second kappa shape index (κ2) is 7.96. The fraction of sp³-hybridized carbons (Fsp3) is 0.174. The second-order valence-corrected chi connectivity index (χ2v) is 7.19. The van der Waals surface area contributed by atoms with E-state index in [1.165, 1.54) is 5.69 Å². The van der Waals surface area contributed by atoms with E-state index in [0.717, 1.165) is 54.2 Å². The van der Waals surface area contributed by atoms with Crippen LogP contribution in [-0.2, 0) is 4.74 Å². The Hall–Kier alpha value is -3.71. The van der Waals surface area contributed by atoms with Crippen molar-refractivity contribution in [2.45, 2.75) is 0 Å². The first-order valence-electron chi connectivity index (χ1n) is 9.94. The molecule has 1 aliphatic heterocycles. The number of morpholine rings is 1. The van der Waals surface area contributed by atoms with E-state index in [9.17, 15) is 0 Å². The molecule has 7 heteroatoms. The molecule has 0 bridgehead atoms. The van der Waals surface area contributed by atoms with E-state index in [-0.39, 0.29) is 0 Å². The SMILES string of the molecule is Nc1cccc(-c2nccc3cnc(Nc4ccc(N5CCOCC5)cc4)nc23)c1. The predicted molar refractivity (Wildman–Crippen MR) is 120 cm³/mol. The molecule has 2 aromatic heterocycles. The Labute approximate surface area is 174 Å². The van der Waals surface area contributed by atoms with Crippen molar-refractivity contribution in [3.05, 3.63) is 67.0 Å². The average Bonchev–Trinajstić information content (AvgIpc) is 2.80. The van der Waals surface area contributed by atoms with Gasteiger partial charge in [0.2, 0.25) is 5.95 Å². The van der Waals surface area contributed by atoms with Crippen LogP contribution in [0.4, 0.5) is 23.0 Å². The number of nitrogen functional groups attached to an aromatic ring is 1. The Morgan fingerprint density at radius 3 is 2.60 bits per heavy atom. The van der Waals surface area contributed by atoms with Gasteiger partial charge in [0, 0.05) is 53.5 Å². The number of nitrogens with one attached hydrogen (secondary N) is 1. The van der Waals surface area contributed by atoms with Crippen LogP contribution in [0, 0.1) is 0 Å². The van der Waals surface area contributed by atoms with Crippen molar-refractivity contribution < 1.29 is 4.74 Å². The summed E-state index contributed by atoms with van der Waals surface area (Å²) in [6.07, 6.45) is 3.58. The van der Waals surface area contributed by atoms with Gasteiger partial charge >= 0.3 is 0 Å². The molecule has 0 amide bonds. The highest BCUT2D eigenvalue weighted by molar-refractivity contribution is 5.92. The van der Waals surface area contributed by atoms with Crippen molar-refractivity contribution in [1.29, 1.82) is 0 Å². The van der Waals surface area contributed by atoms with Crippen molar-refractivity contribution in [3.63, 3.8) is 0 Å². The lowest BCUT2D eigenvalue weighted by Crippen LogP contribution is -2.36. The number of hydrogen-bond donors (Lipinski definition) is 2. The molecule has 0 unspecified atom stereocenters. The summed E-state index contributed by atoms with van der Waals surface area (Å²) in [6, 6.07) is 17.9. The molecule has 0 spiro atoms. The monoisotopic (exact) mass is 398 g/mol. The molecular formula is C23H22N6O. The van der Waals surface area contributed by atoms with Gasteiger partial charge in [0.15, 0.2) is 0 Å². The van der Waals surface area contributed by atoms with Gasteiger partial charge in [0.05, 0.1) is 18.9 Å². The smallest absolute Gasteiger partial charge is 0.227 e. The van der Waals surface area contributed by atoms with Gasteiger partial charge in [-0.05, 0) is 42.5 Å². The molecule has 150 valence electrons. The molecule has 1 fully saturated rings. The van der Waals surface area contributed by atoms with Gasteiger partial charge < -0.3 is 20.7 Å². The Morgan fingerprint density at radius 2 is 1.80 bits per heavy atom. The van der Waals surface area contributed by atoms with Gasteiger partial charge in [-0.3, -0.25) is 4.98 Å². The highest BCUT2D eigenvalue weighted by Crippen LogP contribution is 2.27. The zero-order valence-corrected chi connectivity index (χ0v) is 16.5. The number of aromatic nitrogens is 3. The van der Waals surface area contributed by atoms with Crippen LogP contribution in [0.3, 0.4) is 0 Å².